The van der Waals surface area contributed by atoms with E-state index >= 15 is 0 Å². The van der Waals surface area contributed by atoms with E-state index < -0.39 is 0 Å². The van der Waals surface area contributed by atoms with Gasteiger partial charge in [-0.1, -0.05) is 29.8 Å². The van der Waals surface area contributed by atoms with Crippen LogP contribution in [0.1, 0.15) is 28.8 Å². The second kappa shape index (κ2) is 7.58. The van der Waals surface area contributed by atoms with Gasteiger partial charge in [-0.2, -0.15) is 0 Å². The van der Waals surface area contributed by atoms with Gasteiger partial charge in [0.05, 0.1) is 5.69 Å². The fraction of sp³-hybridized carbons (Fsp3) is 0.227. The maximum absolute atomic E-state index is 12.6. The van der Waals surface area contributed by atoms with E-state index in [-0.39, 0.29) is 5.91 Å². The summed E-state index contributed by atoms with van der Waals surface area (Å²) in [5, 5.41) is 11.7. The van der Waals surface area contributed by atoms with E-state index in [1.165, 1.54) is 12.8 Å². The summed E-state index contributed by atoms with van der Waals surface area (Å²) in [6.45, 7) is 4.11. The summed E-state index contributed by atoms with van der Waals surface area (Å²) in [6.07, 6.45) is 2.42. The lowest BCUT2D eigenvalue weighted by atomic mass is 10.1. The second-order valence-electron chi connectivity index (χ2n) is 6.87. The standard InChI is InChI=1S/C22H22N4O/c1-16-7-9-19(10-8-16)23-22(27)18-6-4-5-17(15-18)20-11-12-21(25-24-20)26-13-2-3-14-26/h4-12,15H,2-3,13-14H2,1H3,(H,23,27). The number of hydrogen-bond acceptors (Lipinski definition) is 4. The average Bonchev–Trinajstić information content (AvgIpc) is 3.25. The Labute approximate surface area is 159 Å². The molecule has 1 amide bonds. The molecule has 4 rings (SSSR count). The molecule has 0 atom stereocenters. The number of hydrogen-bond donors (Lipinski definition) is 1. The van der Waals surface area contributed by atoms with E-state index in [0.29, 0.717) is 5.56 Å². The van der Waals surface area contributed by atoms with Crippen LogP contribution in [-0.2, 0) is 0 Å². The largest absolute Gasteiger partial charge is 0.355 e. The van der Waals surface area contributed by atoms with Crippen molar-refractivity contribution in [2.24, 2.45) is 0 Å². The van der Waals surface area contributed by atoms with Crippen LogP contribution in [0.3, 0.4) is 0 Å². The minimum atomic E-state index is -0.137. The van der Waals surface area contributed by atoms with Crippen molar-refractivity contribution < 1.29 is 4.79 Å². The van der Waals surface area contributed by atoms with Crippen molar-refractivity contribution in [1.29, 1.82) is 0 Å². The van der Waals surface area contributed by atoms with E-state index in [9.17, 15) is 4.79 Å². The number of aromatic nitrogens is 2. The third-order valence-electron chi connectivity index (χ3n) is 4.81. The number of amides is 1. The van der Waals surface area contributed by atoms with Crippen molar-refractivity contribution in [3.05, 3.63) is 71.8 Å². The molecule has 2 heterocycles. The molecule has 1 aliphatic rings. The lowest BCUT2D eigenvalue weighted by Gasteiger charge is -2.15. The van der Waals surface area contributed by atoms with Crippen molar-refractivity contribution in [3.63, 3.8) is 0 Å². The molecule has 0 spiro atoms. The van der Waals surface area contributed by atoms with Crippen molar-refractivity contribution in [3.8, 4) is 11.3 Å². The molecule has 3 aromatic rings. The molecular formula is C22H22N4O. The zero-order valence-corrected chi connectivity index (χ0v) is 15.4. The average molecular weight is 358 g/mol. The highest BCUT2D eigenvalue weighted by Crippen LogP contribution is 2.22. The maximum Gasteiger partial charge on any atom is 0.255 e. The summed E-state index contributed by atoms with van der Waals surface area (Å²) in [6, 6.07) is 19.2. The van der Waals surface area contributed by atoms with Crippen LogP contribution in [-0.4, -0.2) is 29.2 Å². The van der Waals surface area contributed by atoms with Crippen LogP contribution >= 0.6 is 0 Å². The van der Waals surface area contributed by atoms with Gasteiger partial charge >= 0.3 is 0 Å². The monoisotopic (exact) mass is 358 g/mol. The van der Waals surface area contributed by atoms with Crippen molar-refractivity contribution in [2.45, 2.75) is 19.8 Å². The lowest BCUT2D eigenvalue weighted by molar-refractivity contribution is 0.102. The summed E-state index contributed by atoms with van der Waals surface area (Å²) >= 11 is 0. The van der Waals surface area contributed by atoms with Crippen LogP contribution in [0.15, 0.2) is 60.7 Å². The Balaban J connectivity index is 1.51. The van der Waals surface area contributed by atoms with Gasteiger partial charge in [0.2, 0.25) is 0 Å². The third-order valence-corrected chi connectivity index (χ3v) is 4.81. The molecule has 1 aliphatic heterocycles. The normalized spacial score (nSPS) is 13.6. The molecule has 1 N–H and O–H groups in total. The number of nitrogens with one attached hydrogen (secondary N) is 1. The summed E-state index contributed by atoms with van der Waals surface area (Å²) in [4.78, 5) is 14.8. The molecule has 5 nitrogen and oxygen atoms in total. The van der Waals surface area contributed by atoms with Crippen LogP contribution in [0.25, 0.3) is 11.3 Å². The SMILES string of the molecule is Cc1ccc(NC(=O)c2cccc(-c3ccc(N4CCCC4)nn3)c2)cc1. The summed E-state index contributed by atoms with van der Waals surface area (Å²) in [7, 11) is 0. The first kappa shape index (κ1) is 17.2. The smallest absolute Gasteiger partial charge is 0.255 e. The minimum absolute atomic E-state index is 0.137. The Hall–Kier alpha value is -3.21. The van der Waals surface area contributed by atoms with Gasteiger partial charge in [-0.25, -0.2) is 0 Å². The molecule has 2 aromatic carbocycles. The van der Waals surface area contributed by atoms with Crippen LogP contribution in [0.5, 0.6) is 0 Å². The number of anilines is 2. The Morgan fingerprint density at radius 1 is 0.963 bits per heavy atom. The Bertz CT molecular complexity index is 929. The highest BCUT2D eigenvalue weighted by atomic mass is 16.1. The zero-order valence-electron chi connectivity index (χ0n) is 15.4. The molecule has 1 aromatic heterocycles. The number of benzene rings is 2. The molecule has 0 radical (unpaired) electrons. The molecule has 0 aliphatic carbocycles. The van der Waals surface area contributed by atoms with Gasteiger partial charge in [0, 0.05) is 29.9 Å². The third kappa shape index (κ3) is 3.97. The van der Waals surface area contributed by atoms with Crippen molar-refractivity contribution in [2.75, 3.05) is 23.3 Å². The van der Waals surface area contributed by atoms with Gasteiger partial charge in [-0.15, -0.1) is 10.2 Å². The lowest BCUT2D eigenvalue weighted by Crippen LogP contribution is -2.19. The predicted octanol–water partition coefficient (Wildman–Crippen LogP) is 4.30. The molecule has 1 fully saturated rings. The molecule has 5 heteroatoms. The molecule has 1 saturated heterocycles. The van der Waals surface area contributed by atoms with E-state index in [2.05, 4.69) is 20.4 Å². The Morgan fingerprint density at radius 2 is 1.74 bits per heavy atom. The molecule has 0 bridgehead atoms. The highest BCUT2D eigenvalue weighted by molar-refractivity contribution is 6.04. The van der Waals surface area contributed by atoms with Gasteiger partial charge < -0.3 is 10.2 Å². The molecule has 27 heavy (non-hydrogen) atoms. The van der Waals surface area contributed by atoms with Gasteiger partial charge in [-0.3, -0.25) is 4.79 Å². The molecule has 0 saturated carbocycles. The molecule has 136 valence electrons. The van der Waals surface area contributed by atoms with Gasteiger partial charge in [-0.05, 0) is 56.2 Å². The van der Waals surface area contributed by atoms with Crippen LogP contribution in [0, 0.1) is 6.92 Å². The topological polar surface area (TPSA) is 58.1 Å². The Kier molecular flexibility index (Phi) is 4.83. The molecule has 0 unspecified atom stereocenters. The number of carbonyl (C=O) groups is 1. The fourth-order valence-corrected chi connectivity index (χ4v) is 3.25. The van der Waals surface area contributed by atoms with Crippen molar-refractivity contribution in [1.82, 2.24) is 10.2 Å². The first-order valence-electron chi connectivity index (χ1n) is 9.26. The van der Waals surface area contributed by atoms with Crippen LogP contribution < -0.4 is 10.2 Å². The van der Waals surface area contributed by atoms with E-state index in [4.69, 9.17) is 0 Å². The maximum atomic E-state index is 12.6. The van der Waals surface area contributed by atoms with Gasteiger partial charge in [0.25, 0.3) is 5.91 Å². The molecular weight excluding hydrogens is 336 g/mol. The highest BCUT2D eigenvalue weighted by Gasteiger charge is 2.14. The quantitative estimate of drug-likeness (QED) is 0.755. The number of carbonyl (C=O) groups excluding carboxylic acids is 1. The first-order valence-corrected chi connectivity index (χ1v) is 9.26. The second-order valence-corrected chi connectivity index (χ2v) is 6.87. The van der Waals surface area contributed by atoms with Crippen LogP contribution in [0.2, 0.25) is 0 Å². The number of rotatable bonds is 4. The van der Waals surface area contributed by atoms with Gasteiger partial charge in [0.1, 0.15) is 0 Å². The van der Waals surface area contributed by atoms with Crippen molar-refractivity contribution >= 4 is 17.4 Å². The predicted molar refractivity (Wildman–Crippen MR) is 108 cm³/mol. The summed E-state index contributed by atoms with van der Waals surface area (Å²) < 4.78 is 0. The van der Waals surface area contributed by atoms with E-state index in [0.717, 1.165) is 41.4 Å². The fourth-order valence-electron chi connectivity index (χ4n) is 3.25. The summed E-state index contributed by atoms with van der Waals surface area (Å²) in [5.41, 5.74) is 4.19. The summed E-state index contributed by atoms with van der Waals surface area (Å²) in [5.74, 6) is 0.784. The van der Waals surface area contributed by atoms with Crippen LogP contribution in [0.4, 0.5) is 11.5 Å². The first-order chi connectivity index (χ1) is 13.2. The minimum Gasteiger partial charge on any atom is -0.355 e. The number of nitrogens with zero attached hydrogens (tertiary/aromatic N) is 3. The Morgan fingerprint density at radius 3 is 2.44 bits per heavy atom. The van der Waals surface area contributed by atoms with Gasteiger partial charge in [0.15, 0.2) is 5.82 Å². The van der Waals surface area contributed by atoms with E-state index in [1.54, 1.807) is 6.07 Å². The van der Waals surface area contributed by atoms with E-state index in [1.807, 2.05) is 61.5 Å². The zero-order chi connectivity index (χ0) is 18.6. The number of aryl methyl sites for hydroxylation is 1.